The van der Waals surface area contributed by atoms with Crippen LogP contribution in [0.1, 0.15) is 34.1 Å². The molecular weight excluding hydrogens is 134 g/mol. The summed E-state index contributed by atoms with van der Waals surface area (Å²) < 4.78 is 2.56. The van der Waals surface area contributed by atoms with E-state index in [-0.39, 0.29) is 0 Å². The molecule has 11 heavy (non-hydrogen) atoms. The quantitative estimate of drug-likeness (QED) is 0.505. The van der Waals surface area contributed by atoms with Gasteiger partial charge in [0.25, 0.3) is 0 Å². The van der Waals surface area contributed by atoms with Crippen molar-refractivity contribution in [1.82, 2.24) is 0 Å². The van der Waals surface area contributed by atoms with Crippen molar-refractivity contribution in [3.63, 3.8) is 0 Å². The highest BCUT2D eigenvalue weighted by molar-refractivity contribution is 5.61. The molecule has 0 amide bonds. The zero-order chi connectivity index (χ0) is 8.22. The third-order valence-corrected chi connectivity index (χ3v) is 3.87. The van der Waals surface area contributed by atoms with Gasteiger partial charge in [0.1, 0.15) is 12.3 Å². The minimum absolute atomic E-state index is 0.605. The van der Waals surface area contributed by atoms with Crippen LogP contribution in [0.25, 0.3) is 0 Å². The normalized spacial score (nSPS) is 47.5. The number of hydrogen-bond donors (Lipinski definition) is 0. The zero-order valence-electron chi connectivity index (χ0n) is 7.96. The van der Waals surface area contributed by atoms with Gasteiger partial charge in [-0.15, -0.1) is 0 Å². The van der Waals surface area contributed by atoms with Crippen molar-refractivity contribution in [2.24, 2.45) is 11.8 Å². The molecule has 2 rings (SSSR count). The first-order chi connectivity index (χ1) is 5.10. The third kappa shape index (κ3) is 0.646. The Hall–Kier alpha value is -0.330. The first-order valence-corrected chi connectivity index (χ1v) is 4.72. The van der Waals surface area contributed by atoms with E-state index in [2.05, 4.69) is 38.5 Å². The molecule has 0 aromatic heterocycles. The van der Waals surface area contributed by atoms with E-state index < -0.39 is 0 Å². The Morgan fingerprint density at radius 3 is 2.00 bits per heavy atom. The second kappa shape index (κ2) is 1.88. The molecule has 0 N–H and O–H groups in total. The molecule has 1 aliphatic heterocycles. The van der Waals surface area contributed by atoms with Crippen LogP contribution < -0.4 is 0 Å². The highest BCUT2D eigenvalue weighted by atomic mass is 15.2. The van der Waals surface area contributed by atoms with Crippen molar-refractivity contribution in [2.45, 2.75) is 45.7 Å². The molecule has 0 radical (unpaired) electrons. The standard InChI is InChI=1S/C10H18N/c1-7(2)11-6-5-10(11)8(3)9(10)4/h6-9H,5H2,1-4H3/q+1. The molecular formula is C10H18N+. The summed E-state index contributed by atoms with van der Waals surface area (Å²) in [6.07, 6.45) is 3.69. The minimum Gasteiger partial charge on any atom is -0.231 e. The highest BCUT2D eigenvalue weighted by Gasteiger charge is 2.72. The predicted octanol–water partition coefficient (Wildman–Crippen LogP) is 1.91. The molecule has 2 unspecified atom stereocenters. The van der Waals surface area contributed by atoms with Crippen molar-refractivity contribution in [3.8, 4) is 0 Å². The summed E-state index contributed by atoms with van der Waals surface area (Å²) in [7, 11) is 0. The summed E-state index contributed by atoms with van der Waals surface area (Å²) in [5.74, 6) is 1.85. The van der Waals surface area contributed by atoms with Gasteiger partial charge in [0, 0.05) is 11.8 Å². The topological polar surface area (TPSA) is 3.01 Å². The number of hydrogen-bond acceptors (Lipinski definition) is 0. The van der Waals surface area contributed by atoms with Gasteiger partial charge >= 0.3 is 0 Å². The molecule has 1 nitrogen and oxygen atoms in total. The average molecular weight is 152 g/mol. The second-order valence-electron chi connectivity index (χ2n) is 4.46. The van der Waals surface area contributed by atoms with Crippen LogP contribution in [0.5, 0.6) is 0 Å². The van der Waals surface area contributed by atoms with E-state index in [4.69, 9.17) is 0 Å². The predicted molar refractivity (Wildman–Crippen MR) is 47.1 cm³/mol. The highest BCUT2D eigenvalue weighted by Crippen LogP contribution is 2.58. The molecule has 0 aromatic rings. The van der Waals surface area contributed by atoms with E-state index in [1.807, 2.05) is 0 Å². The Bertz CT molecular complexity index is 207. The lowest BCUT2D eigenvalue weighted by Gasteiger charge is -2.25. The summed E-state index contributed by atoms with van der Waals surface area (Å²) in [4.78, 5) is 0. The SMILES string of the molecule is CC(C)[N+]1=CCC12C(C)C2C. The van der Waals surface area contributed by atoms with Crippen LogP contribution in [-0.4, -0.2) is 22.4 Å². The maximum atomic E-state index is 2.56. The van der Waals surface area contributed by atoms with Gasteiger partial charge in [-0.1, -0.05) is 13.8 Å². The van der Waals surface area contributed by atoms with Gasteiger partial charge in [0.05, 0.1) is 6.42 Å². The third-order valence-electron chi connectivity index (χ3n) is 3.87. The van der Waals surface area contributed by atoms with Crippen LogP contribution in [0.3, 0.4) is 0 Å². The van der Waals surface area contributed by atoms with Crippen molar-refractivity contribution < 1.29 is 4.58 Å². The molecule has 1 aliphatic carbocycles. The monoisotopic (exact) mass is 152 g/mol. The summed E-state index contributed by atoms with van der Waals surface area (Å²) in [5.41, 5.74) is 0.605. The molecule has 1 heterocycles. The van der Waals surface area contributed by atoms with Crippen LogP contribution in [0.4, 0.5) is 0 Å². The fourth-order valence-electron chi connectivity index (χ4n) is 2.78. The lowest BCUT2D eigenvalue weighted by Crippen LogP contribution is -2.46. The maximum absolute atomic E-state index is 2.56. The smallest absolute Gasteiger partial charge is 0.177 e. The van der Waals surface area contributed by atoms with E-state index in [0.717, 1.165) is 11.8 Å². The fourth-order valence-corrected chi connectivity index (χ4v) is 2.78. The van der Waals surface area contributed by atoms with Gasteiger partial charge in [-0.05, 0) is 13.8 Å². The molecule has 62 valence electrons. The summed E-state index contributed by atoms with van der Waals surface area (Å²) in [5, 5.41) is 0. The van der Waals surface area contributed by atoms with Crippen LogP contribution in [-0.2, 0) is 0 Å². The minimum atomic E-state index is 0.605. The van der Waals surface area contributed by atoms with Gasteiger partial charge < -0.3 is 0 Å². The lowest BCUT2D eigenvalue weighted by molar-refractivity contribution is -0.634. The summed E-state index contributed by atoms with van der Waals surface area (Å²) >= 11 is 0. The Balaban J connectivity index is 2.18. The molecule has 1 heteroatoms. The molecule has 0 saturated heterocycles. The van der Waals surface area contributed by atoms with Crippen molar-refractivity contribution >= 4 is 6.21 Å². The fraction of sp³-hybridized carbons (Fsp3) is 0.900. The van der Waals surface area contributed by atoms with Crippen molar-refractivity contribution in [3.05, 3.63) is 0 Å². The van der Waals surface area contributed by atoms with Gasteiger partial charge in [0.2, 0.25) is 0 Å². The Morgan fingerprint density at radius 2 is 1.91 bits per heavy atom. The second-order valence-corrected chi connectivity index (χ2v) is 4.46. The molecule has 1 saturated carbocycles. The van der Waals surface area contributed by atoms with Gasteiger partial charge in [-0.3, -0.25) is 0 Å². The first kappa shape index (κ1) is 7.33. The summed E-state index contributed by atoms with van der Waals surface area (Å²) in [6.45, 7) is 9.34. The number of nitrogens with zero attached hydrogens (tertiary/aromatic N) is 1. The van der Waals surface area contributed by atoms with Crippen LogP contribution in [0, 0.1) is 11.8 Å². The molecule has 0 bridgehead atoms. The largest absolute Gasteiger partial charge is 0.231 e. The molecule has 0 aromatic carbocycles. The summed E-state index contributed by atoms with van der Waals surface area (Å²) in [6, 6.07) is 0.705. The maximum Gasteiger partial charge on any atom is 0.177 e. The zero-order valence-corrected chi connectivity index (χ0v) is 7.96. The molecule has 1 spiro atoms. The molecule has 1 fully saturated rings. The Morgan fingerprint density at radius 1 is 1.36 bits per heavy atom. The van der Waals surface area contributed by atoms with Crippen molar-refractivity contribution in [2.75, 3.05) is 0 Å². The van der Waals surface area contributed by atoms with Crippen molar-refractivity contribution in [1.29, 1.82) is 0 Å². The molecule has 2 atom stereocenters. The lowest BCUT2D eigenvalue weighted by atomic mass is 10.00. The van der Waals surface area contributed by atoms with Gasteiger partial charge in [0.15, 0.2) is 5.54 Å². The Labute approximate surface area is 69.1 Å². The van der Waals surface area contributed by atoms with Crippen LogP contribution in [0.15, 0.2) is 0 Å². The average Bonchev–Trinajstić information content (AvgIpc) is 2.35. The van der Waals surface area contributed by atoms with Crippen LogP contribution in [0.2, 0.25) is 0 Å². The number of rotatable bonds is 1. The molecule has 2 aliphatic rings. The van der Waals surface area contributed by atoms with Gasteiger partial charge in [-0.25, -0.2) is 4.58 Å². The Kier molecular flexibility index (Phi) is 1.25. The van der Waals surface area contributed by atoms with Crippen LogP contribution >= 0.6 is 0 Å². The van der Waals surface area contributed by atoms with E-state index in [1.165, 1.54) is 6.42 Å². The van der Waals surface area contributed by atoms with E-state index in [9.17, 15) is 0 Å². The van der Waals surface area contributed by atoms with E-state index >= 15 is 0 Å². The van der Waals surface area contributed by atoms with E-state index in [0.29, 0.717) is 11.6 Å². The van der Waals surface area contributed by atoms with E-state index in [1.54, 1.807) is 0 Å². The first-order valence-electron chi connectivity index (χ1n) is 4.72. The van der Waals surface area contributed by atoms with Gasteiger partial charge in [-0.2, -0.15) is 0 Å².